The highest BCUT2D eigenvalue weighted by atomic mass is 32.2. The number of aromatic nitrogens is 1. The van der Waals surface area contributed by atoms with Crippen LogP contribution < -0.4 is 0 Å². The fraction of sp³-hybridized carbons (Fsp3) is 0.280. The Morgan fingerprint density at radius 1 is 1.19 bits per heavy atom. The van der Waals surface area contributed by atoms with Crippen LogP contribution in [0.15, 0.2) is 53.7 Å². The molecule has 1 saturated heterocycles. The minimum atomic E-state index is -4.90. The number of amides is 2. The van der Waals surface area contributed by atoms with Crippen LogP contribution in [0.3, 0.4) is 0 Å². The summed E-state index contributed by atoms with van der Waals surface area (Å²) in [7, 11) is -4.90. The minimum Gasteiger partial charge on any atom is -0.394 e. The standard InChI is InChI=1S/C25H24BF2N3O10S2/c1-15-11-18(7-8-24(33)39-31-23(32)14-22(25(31)34)43(36,37)38)29-19(15)13-21-17(9-10-42-41-40-35)12-20(30(21)26(29,27)28)16-5-3-2-4-6-16/h2-6,11-13,22,35H,7-10,14H2,1H3,(H,36,37,38). The maximum absolute atomic E-state index is 16.6. The van der Waals surface area contributed by atoms with Gasteiger partial charge in [0, 0.05) is 46.8 Å². The van der Waals surface area contributed by atoms with Gasteiger partial charge in [-0.2, -0.15) is 8.42 Å². The zero-order valence-corrected chi connectivity index (χ0v) is 24.0. The molecule has 2 amide bonds. The van der Waals surface area contributed by atoms with Crippen molar-refractivity contribution in [2.75, 3.05) is 5.75 Å². The fourth-order valence-electron chi connectivity index (χ4n) is 5.34. The molecule has 3 aliphatic heterocycles. The summed E-state index contributed by atoms with van der Waals surface area (Å²) in [6.07, 6.45) is 1.92. The maximum atomic E-state index is 16.6. The first kappa shape index (κ1) is 30.8. The Kier molecular flexibility index (Phi) is 8.43. The second-order valence-corrected chi connectivity index (χ2v) is 12.3. The van der Waals surface area contributed by atoms with Crippen LogP contribution in [-0.4, -0.2) is 73.7 Å². The lowest BCUT2D eigenvalue weighted by molar-refractivity contribution is -0.432. The van der Waals surface area contributed by atoms with Crippen LogP contribution in [0.5, 0.6) is 0 Å². The molecule has 1 atom stereocenters. The van der Waals surface area contributed by atoms with Crippen molar-refractivity contribution in [2.24, 2.45) is 0 Å². The lowest BCUT2D eigenvalue weighted by Gasteiger charge is -2.31. The van der Waals surface area contributed by atoms with E-state index in [1.54, 1.807) is 49.4 Å². The molecular weight excluding hydrogens is 615 g/mol. The maximum Gasteiger partial charge on any atom is 0.737 e. The Balaban J connectivity index is 1.42. The van der Waals surface area contributed by atoms with Crippen molar-refractivity contribution in [3.05, 3.63) is 76.3 Å². The zero-order chi connectivity index (χ0) is 31.1. The highest BCUT2D eigenvalue weighted by Crippen LogP contribution is 2.39. The van der Waals surface area contributed by atoms with E-state index in [9.17, 15) is 22.8 Å². The largest absolute Gasteiger partial charge is 0.737 e. The zero-order valence-electron chi connectivity index (χ0n) is 22.4. The van der Waals surface area contributed by atoms with Crippen molar-refractivity contribution in [3.63, 3.8) is 0 Å². The highest BCUT2D eigenvalue weighted by Gasteiger charge is 2.54. The summed E-state index contributed by atoms with van der Waals surface area (Å²) in [4.78, 5) is 41.5. The van der Waals surface area contributed by atoms with Crippen molar-refractivity contribution < 1.29 is 59.9 Å². The molecule has 13 nitrogen and oxygen atoms in total. The number of hydroxylamine groups is 2. The number of imide groups is 1. The average molecular weight is 639 g/mol. The van der Waals surface area contributed by atoms with Gasteiger partial charge in [-0.15, -0.1) is 9.40 Å². The quantitative estimate of drug-likeness (QED) is 0.0707. The lowest BCUT2D eigenvalue weighted by atomic mass is 9.88. The Morgan fingerprint density at radius 2 is 1.91 bits per heavy atom. The van der Waals surface area contributed by atoms with Crippen molar-refractivity contribution >= 4 is 58.7 Å². The predicted molar refractivity (Wildman–Crippen MR) is 148 cm³/mol. The molecule has 2 aromatic rings. The molecule has 1 aromatic carbocycles. The van der Waals surface area contributed by atoms with Gasteiger partial charge in [0.15, 0.2) is 16.7 Å². The number of carbonyl (C=O) groups excluding carboxylic acids is 3. The van der Waals surface area contributed by atoms with Crippen LogP contribution in [-0.2, 0) is 45.1 Å². The van der Waals surface area contributed by atoms with E-state index in [0.717, 1.165) is 21.0 Å². The lowest BCUT2D eigenvalue weighted by Crippen LogP contribution is -2.51. The third-order valence-corrected chi connectivity index (χ3v) is 8.83. The molecule has 4 heterocycles. The summed E-state index contributed by atoms with van der Waals surface area (Å²) < 4.78 is 71.2. The Labute approximate surface area is 247 Å². The van der Waals surface area contributed by atoms with Crippen molar-refractivity contribution in [3.8, 4) is 0 Å². The molecule has 0 spiro atoms. The van der Waals surface area contributed by atoms with E-state index in [2.05, 4.69) is 9.37 Å². The van der Waals surface area contributed by atoms with E-state index in [1.807, 2.05) is 0 Å². The number of nitrogens with zero attached hydrogens (tertiary/aromatic N) is 3. The van der Waals surface area contributed by atoms with E-state index in [1.165, 1.54) is 6.07 Å². The van der Waals surface area contributed by atoms with E-state index >= 15 is 8.63 Å². The molecule has 1 unspecified atom stereocenters. The van der Waals surface area contributed by atoms with Crippen molar-refractivity contribution in [1.82, 2.24) is 9.54 Å². The molecule has 1 aromatic heterocycles. The molecule has 2 N–H and O–H groups in total. The molecule has 0 bridgehead atoms. The van der Waals surface area contributed by atoms with E-state index in [0.29, 0.717) is 28.9 Å². The molecular formula is C25H24BF2N3O10S2. The number of benzene rings is 1. The van der Waals surface area contributed by atoms with Gasteiger partial charge < -0.3 is 22.4 Å². The number of rotatable bonds is 11. The number of hydrogen-bond donors (Lipinski definition) is 2. The van der Waals surface area contributed by atoms with Crippen LogP contribution in [0.2, 0.25) is 0 Å². The van der Waals surface area contributed by atoms with Crippen molar-refractivity contribution in [1.29, 1.82) is 0 Å². The smallest absolute Gasteiger partial charge is 0.394 e. The van der Waals surface area contributed by atoms with Crippen molar-refractivity contribution in [2.45, 2.75) is 37.9 Å². The second-order valence-electron chi connectivity index (χ2n) is 9.89. The summed E-state index contributed by atoms with van der Waals surface area (Å²) in [5, 5.41) is 9.87. The number of carbonyl (C=O) groups is 3. The Bertz CT molecular complexity index is 1710. The first-order chi connectivity index (χ1) is 20.3. The minimum absolute atomic E-state index is 0.0261. The number of fused-ring (bicyclic) bond motifs is 2. The topological polar surface area (TPSA) is 165 Å². The molecule has 0 aliphatic carbocycles. The van der Waals surface area contributed by atoms with Gasteiger partial charge in [-0.25, -0.2) is 10.1 Å². The third-order valence-electron chi connectivity index (χ3n) is 7.21. The van der Waals surface area contributed by atoms with E-state index in [-0.39, 0.29) is 34.3 Å². The summed E-state index contributed by atoms with van der Waals surface area (Å²) in [6, 6.07) is 10.1. The van der Waals surface area contributed by atoms with Gasteiger partial charge in [-0.3, -0.25) is 14.1 Å². The van der Waals surface area contributed by atoms with E-state index < -0.39 is 53.0 Å². The normalized spacial score (nSPS) is 19.4. The average Bonchev–Trinajstić information content (AvgIpc) is 3.58. The first-order valence-corrected chi connectivity index (χ1v) is 15.3. The van der Waals surface area contributed by atoms with Gasteiger partial charge in [0.2, 0.25) is 0 Å². The molecule has 0 radical (unpaired) electrons. The van der Waals surface area contributed by atoms with Gasteiger partial charge in [0.1, 0.15) is 0 Å². The van der Waals surface area contributed by atoms with Crippen LogP contribution in [0.25, 0.3) is 6.08 Å². The second kappa shape index (κ2) is 11.8. The number of allylic oxidation sites excluding steroid dienone is 2. The molecule has 18 heteroatoms. The Morgan fingerprint density at radius 3 is 2.56 bits per heavy atom. The molecule has 0 saturated carbocycles. The van der Waals surface area contributed by atoms with Crippen LogP contribution in [0.4, 0.5) is 8.63 Å². The van der Waals surface area contributed by atoms with Crippen LogP contribution in [0, 0.1) is 6.92 Å². The SMILES string of the molecule is Cc1cc(CCC(=O)ON2C(=O)CC(S(=O)(=O)O)C2=O)n2c1C=C1C(CCSOOO)=CC(c3ccccc3)=[N+]1[B-]2(F)F. The Hall–Kier alpha value is -3.68. The molecule has 1 fully saturated rings. The summed E-state index contributed by atoms with van der Waals surface area (Å²) >= 11 is 0.804. The van der Waals surface area contributed by atoms with Gasteiger partial charge in [-0.05, 0) is 49.2 Å². The monoisotopic (exact) mass is 639 g/mol. The third kappa shape index (κ3) is 5.81. The number of halogens is 2. The molecule has 5 rings (SSSR count). The highest BCUT2D eigenvalue weighted by molar-refractivity contribution is 7.94. The van der Waals surface area contributed by atoms with Crippen LogP contribution >= 0.6 is 12.0 Å². The van der Waals surface area contributed by atoms with Gasteiger partial charge in [-0.1, -0.05) is 23.2 Å². The predicted octanol–water partition coefficient (Wildman–Crippen LogP) is 2.68. The molecule has 228 valence electrons. The summed E-state index contributed by atoms with van der Waals surface area (Å²) in [5.41, 5.74) is 2.53. The van der Waals surface area contributed by atoms with Gasteiger partial charge in [0.05, 0.1) is 12.8 Å². The number of hydrogen-bond acceptors (Lipinski definition) is 10. The molecule has 3 aliphatic rings. The van der Waals surface area contributed by atoms with Gasteiger partial charge in [0.25, 0.3) is 21.9 Å². The van der Waals surface area contributed by atoms with Gasteiger partial charge >= 0.3 is 12.9 Å². The molecule has 43 heavy (non-hydrogen) atoms. The van der Waals surface area contributed by atoms with Crippen LogP contribution in [0.1, 0.15) is 41.8 Å². The fourth-order valence-corrected chi connectivity index (χ4v) is 6.46. The number of aryl methyl sites for hydroxylation is 2. The first-order valence-electron chi connectivity index (χ1n) is 12.9. The summed E-state index contributed by atoms with van der Waals surface area (Å²) in [6.45, 7) is -2.85. The summed E-state index contributed by atoms with van der Waals surface area (Å²) in [5.74, 6) is -3.40. The van der Waals surface area contributed by atoms with E-state index in [4.69, 9.17) is 14.6 Å².